The maximum absolute atomic E-state index is 13.3. The fourth-order valence-electron chi connectivity index (χ4n) is 2.61. The van der Waals surface area contributed by atoms with E-state index in [4.69, 9.17) is 5.11 Å². The zero-order valence-corrected chi connectivity index (χ0v) is 12.1. The normalized spacial score (nSPS) is 18.6. The molecular weight excluding hydrogens is 278 g/mol. The lowest BCUT2D eigenvalue weighted by Gasteiger charge is -2.38. The predicted octanol–water partition coefficient (Wildman–Crippen LogP) is 2.12. The van der Waals surface area contributed by atoms with Crippen molar-refractivity contribution in [2.45, 2.75) is 19.4 Å². The Kier molecular flexibility index (Phi) is 5.25. The molecule has 1 aromatic carbocycles. The van der Waals surface area contributed by atoms with E-state index in [1.54, 1.807) is 6.07 Å². The van der Waals surface area contributed by atoms with Gasteiger partial charge in [0, 0.05) is 38.8 Å². The van der Waals surface area contributed by atoms with Gasteiger partial charge < -0.3 is 10.0 Å². The van der Waals surface area contributed by atoms with Crippen molar-refractivity contribution in [3.8, 4) is 0 Å². The van der Waals surface area contributed by atoms with Gasteiger partial charge in [0.05, 0.1) is 6.42 Å². The van der Waals surface area contributed by atoms with Gasteiger partial charge in [-0.2, -0.15) is 0 Å². The van der Waals surface area contributed by atoms with E-state index in [1.807, 2.05) is 6.92 Å². The van der Waals surface area contributed by atoms with Crippen LogP contribution >= 0.6 is 0 Å². The average Bonchev–Trinajstić information content (AvgIpc) is 2.48. The summed E-state index contributed by atoms with van der Waals surface area (Å²) in [4.78, 5) is 14.9. The average molecular weight is 298 g/mol. The lowest BCUT2D eigenvalue weighted by Crippen LogP contribution is -2.47. The number of carboxylic acids is 1. The molecule has 1 heterocycles. The van der Waals surface area contributed by atoms with Gasteiger partial charge in [-0.1, -0.05) is 6.07 Å². The molecule has 1 aliphatic heterocycles. The molecule has 116 valence electrons. The Morgan fingerprint density at radius 3 is 2.48 bits per heavy atom. The molecule has 0 saturated carbocycles. The van der Waals surface area contributed by atoms with Crippen molar-refractivity contribution in [2.24, 2.45) is 0 Å². The summed E-state index contributed by atoms with van der Waals surface area (Å²) in [6.45, 7) is 5.70. The molecular formula is C15H20F2N2O2. The van der Waals surface area contributed by atoms with Crippen LogP contribution in [-0.4, -0.2) is 53.6 Å². The summed E-state index contributed by atoms with van der Waals surface area (Å²) in [5, 5.41) is 8.68. The van der Waals surface area contributed by atoms with E-state index in [0.29, 0.717) is 6.54 Å². The molecule has 4 nitrogen and oxygen atoms in total. The van der Waals surface area contributed by atoms with Crippen molar-refractivity contribution in [1.82, 2.24) is 9.80 Å². The first-order valence-corrected chi connectivity index (χ1v) is 7.10. The van der Waals surface area contributed by atoms with Gasteiger partial charge in [-0.25, -0.2) is 8.78 Å². The second kappa shape index (κ2) is 6.95. The number of hydrogen-bond donors (Lipinski definition) is 1. The van der Waals surface area contributed by atoms with Crippen LogP contribution in [0, 0.1) is 11.6 Å². The molecule has 1 aliphatic rings. The summed E-state index contributed by atoms with van der Waals surface area (Å²) >= 11 is 0. The van der Waals surface area contributed by atoms with Crippen molar-refractivity contribution in [3.05, 3.63) is 35.4 Å². The Hall–Kier alpha value is -1.53. The first-order valence-electron chi connectivity index (χ1n) is 7.10. The van der Waals surface area contributed by atoms with Gasteiger partial charge in [0.1, 0.15) is 0 Å². The van der Waals surface area contributed by atoms with Crippen molar-refractivity contribution in [3.63, 3.8) is 0 Å². The molecule has 0 bridgehead atoms. The third-order valence-corrected chi connectivity index (χ3v) is 4.02. The third kappa shape index (κ3) is 4.22. The molecule has 21 heavy (non-hydrogen) atoms. The van der Waals surface area contributed by atoms with E-state index in [1.165, 1.54) is 6.07 Å². The molecule has 2 rings (SSSR count). The maximum Gasteiger partial charge on any atom is 0.304 e. The summed E-state index contributed by atoms with van der Waals surface area (Å²) in [5.41, 5.74) is 0.757. The molecule has 1 aromatic rings. The van der Waals surface area contributed by atoms with E-state index in [0.717, 1.165) is 37.8 Å². The molecule has 0 aliphatic carbocycles. The molecule has 6 heteroatoms. The molecule has 1 atom stereocenters. The molecule has 0 aromatic heterocycles. The quantitative estimate of drug-likeness (QED) is 0.904. The summed E-state index contributed by atoms with van der Waals surface area (Å²) in [6.07, 6.45) is 0.152. The summed E-state index contributed by atoms with van der Waals surface area (Å²) < 4.78 is 26.2. The standard InChI is InChI=1S/C15H20F2N2O2/c1-11(12-2-3-13(16)14(17)10-12)19-8-6-18(7-9-19)5-4-15(20)21/h2-3,10-11H,4-9H2,1H3,(H,20,21). The van der Waals surface area contributed by atoms with Crippen LogP contribution in [0.2, 0.25) is 0 Å². The van der Waals surface area contributed by atoms with Gasteiger partial charge in [0.25, 0.3) is 0 Å². The Morgan fingerprint density at radius 1 is 1.24 bits per heavy atom. The molecule has 0 spiro atoms. The van der Waals surface area contributed by atoms with E-state index >= 15 is 0 Å². The molecule has 1 unspecified atom stereocenters. The van der Waals surface area contributed by atoms with E-state index < -0.39 is 17.6 Å². The number of carbonyl (C=O) groups is 1. The Labute approximate surface area is 123 Å². The summed E-state index contributed by atoms with van der Waals surface area (Å²) in [5.74, 6) is -2.43. The number of rotatable bonds is 5. The fraction of sp³-hybridized carbons (Fsp3) is 0.533. The fourth-order valence-corrected chi connectivity index (χ4v) is 2.61. The van der Waals surface area contributed by atoms with Crippen LogP contribution in [0.15, 0.2) is 18.2 Å². The van der Waals surface area contributed by atoms with E-state index in [2.05, 4.69) is 9.80 Å². The topological polar surface area (TPSA) is 43.8 Å². The first-order chi connectivity index (χ1) is 9.97. The first kappa shape index (κ1) is 15.9. The Bertz CT molecular complexity index is 502. The number of halogens is 2. The largest absolute Gasteiger partial charge is 0.481 e. The molecule has 1 N–H and O–H groups in total. The number of carboxylic acid groups (broad SMARTS) is 1. The molecule has 1 fully saturated rings. The van der Waals surface area contributed by atoms with Crippen molar-refractivity contribution >= 4 is 5.97 Å². The van der Waals surface area contributed by atoms with Gasteiger partial charge in [-0.3, -0.25) is 9.69 Å². The monoisotopic (exact) mass is 298 g/mol. The van der Waals surface area contributed by atoms with Gasteiger partial charge in [0.2, 0.25) is 0 Å². The van der Waals surface area contributed by atoms with Crippen LogP contribution in [0.5, 0.6) is 0 Å². The highest BCUT2D eigenvalue weighted by Crippen LogP contribution is 2.23. The molecule has 0 radical (unpaired) electrons. The second-order valence-electron chi connectivity index (χ2n) is 5.37. The van der Waals surface area contributed by atoms with Crippen LogP contribution in [0.1, 0.15) is 24.9 Å². The zero-order valence-electron chi connectivity index (χ0n) is 12.1. The van der Waals surface area contributed by atoms with Crippen LogP contribution in [0.3, 0.4) is 0 Å². The molecule has 0 amide bonds. The van der Waals surface area contributed by atoms with Crippen molar-refractivity contribution < 1.29 is 18.7 Å². The summed E-state index contributed by atoms with van der Waals surface area (Å²) in [7, 11) is 0. The Balaban J connectivity index is 1.89. The number of benzene rings is 1. The van der Waals surface area contributed by atoms with Crippen molar-refractivity contribution in [2.75, 3.05) is 32.7 Å². The van der Waals surface area contributed by atoms with Crippen molar-refractivity contribution in [1.29, 1.82) is 0 Å². The van der Waals surface area contributed by atoms with Gasteiger partial charge in [0.15, 0.2) is 11.6 Å². The highest BCUT2D eigenvalue weighted by atomic mass is 19.2. The number of aliphatic carboxylic acids is 1. The minimum atomic E-state index is -0.829. The highest BCUT2D eigenvalue weighted by molar-refractivity contribution is 5.66. The predicted molar refractivity (Wildman–Crippen MR) is 75.0 cm³/mol. The minimum Gasteiger partial charge on any atom is -0.481 e. The van der Waals surface area contributed by atoms with Gasteiger partial charge in [-0.05, 0) is 24.6 Å². The third-order valence-electron chi connectivity index (χ3n) is 4.02. The van der Waals surface area contributed by atoms with Crippen LogP contribution < -0.4 is 0 Å². The lowest BCUT2D eigenvalue weighted by atomic mass is 10.1. The van der Waals surface area contributed by atoms with Crippen LogP contribution in [0.4, 0.5) is 8.78 Å². The summed E-state index contributed by atoms with van der Waals surface area (Å²) in [6, 6.07) is 4.03. The van der Waals surface area contributed by atoms with E-state index in [-0.39, 0.29) is 12.5 Å². The van der Waals surface area contributed by atoms with Gasteiger partial charge in [-0.15, -0.1) is 0 Å². The molecule has 1 saturated heterocycles. The minimum absolute atomic E-state index is 0.0155. The number of piperazine rings is 1. The highest BCUT2D eigenvalue weighted by Gasteiger charge is 2.22. The second-order valence-corrected chi connectivity index (χ2v) is 5.37. The lowest BCUT2D eigenvalue weighted by molar-refractivity contribution is -0.137. The number of nitrogens with zero attached hydrogens (tertiary/aromatic N) is 2. The smallest absolute Gasteiger partial charge is 0.304 e. The van der Waals surface area contributed by atoms with Crippen LogP contribution in [-0.2, 0) is 4.79 Å². The zero-order chi connectivity index (χ0) is 15.4. The Morgan fingerprint density at radius 2 is 1.90 bits per heavy atom. The van der Waals surface area contributed by atoms with Crippen LogP contribution in [0.25, 0.3) is 0 Å². The maximum atomic E-state index is 13.3. The number of hydrogen-bond acceptors (Lipinski definition) is 3. The van der Waals surface area contributed by atoms with E-state index in [9.17, 15) is 13.6 Å². The van der Waals surface area contributed by atoms with Gasteiger partial charge >= 0.3 is 5.97 Å². The SMILES string of the molecule is CC(c1ccc(F)c(F)c1)N1CCN(CCC(=O)O)CC1.